The van der Waals surface area contributed by atoms with Gasteiger partial charge in [-0.15, -0.1) is 0 Å². The Bertz CT molecular complexity index is 3840. The Morgan fingerprint density at radius 2 is 0.851 bits per heavy atom. The van der Waals surface area contributed by atoms with Crippen LogP contribution in [0.2, 0.25) is 0 Å². The number of para-hydroxylation sites is 1. The van der Waals surface area contributed by atoms with Gasteiger partial charge in [-0.1, -0.05) is 103 Å². The lowest BCUT2D eigenvalue weighted by Crippen LogP contribution is -2.04. The molecule has 11 heteroatoms. The first kappa shape index (κ1) is 39.7. The minimum absolute atomic E-state index is 0.519. The van der Waals surface area contributed by atoms with Crippen LogP contribution in [-0.2, 0) is 0 Å². The molecule has 67 heavy (non-hydrogen) atoms. The van der Waals surface area contributed by atoms with E-state index in [-0.39, 0.29) is 0 Å². The van der Waals surface area contributed by atoms with E-state index in [4.69, 9.17) is 39.3 Å². The van der Waals surface area contributed by atoms with Crippen molar-refractivity contribution in [1.29, 1.82) is 0 Å². The molecule has 0 fully saturated rings. The summed E-state index contributed by atoms with van der Waals surface area (Å²) in [4.78, 5) is 44.0. The predicted molar refractivity (Wildman–Crippen MR) is 265 cm³/mol. The predicted octanol–water partition coefficient (Wildman–Crippen LogP) is 12.8. The largest absolute Gasteiger partial charge is 0.456 e. The third-order valence-electron chi connectivity index (χ3n) is 12.2. The summed E-state index contributed by atoms with van der Waals surface area (Å²) in [6, 6.07) is 52.1. The standard InChI is InChI=1S/C56H40N10O/c1-31-26-44-41-23-20-40(54-59-32(2)57-33(3)60-54)29-48(41)66(49(44)30-43(31)55-61-34(4)58-35(5)62-55)47-24-21-38(39-22-25-51-45(27-39)42-18-12-13-19-50(42)67-51)28-46(47)56-64-52(36-14-8-6-9-15-36)63-53(65-56)37-16-10-7-11-17-37/h6-30H,1-5H3. The number of fused-ring (bicyclic) bond motifs is 6. The van der Waals surface area contributed by atoms with Gasteiger partial charge in [0.05, 0.1) is 16.7 Å². The molecule has 0 amide bonds. The molecule has 0 radical (unpaired) electrons. The summed E-state index contributed by atoms with van der Waals surface area (Å²) in [5, 5.41) is 4.22. The Morgan fingerprint density at radius 3 is 1.54 bits per heavy atom. The highest BCUT2D eigenvalue weighted by Gasteiger charge is 2.23. The van der Waals surface area contributed by atoms with Crippen LogP contribution >= 0.6 is 0 Å². The molecular formula is C56H40N10O. The molecule has 0 saturated heterocycles. The van der Waals surface area contributed by atoms with Gasteiger partial charge < -0.3 is 8.98 Å². The normalized spacial score (nSPS) is 11.7. The summed E-state index contributed by atoms with van der Waals surface area (Å²) in [7, 11) is 0. The van der Waals surface area contributed by atoms with Gasteiger partial charge >= 0.3 is 0 Å². The fourth-order valence-electron chi connectivity index (χ4n) is 9.22. The van der Waals surface area contributed by atoms with E-state index >= 15 is 0 Å². The second-order valence-electron chi connectivity index (χ2n) is 16.8. The Morgan fingerprint density at radius 1 is 0.328 bits per heavy atom. The van der Waals surface area contributed by atoms with Gasteiger partial charge in [-0.2, -0.15) is 0 Å². The van der Waals surface area contributed by atoms with Crippen LogP contribution in [0.15, 0.2) is 156 Å². The van der Waals surface area contributed by atoms with Crippen molar-refractivity contribution in [3.63, 3.8) is 0 Å². The van der Waals surface area contributed by atoms with E-state index in [2.05, 4.69) is 94.3 Å². The average molecular weight is 869 g/mol. The maximum Gasteiger partial charge on any atom is 0.166 e. The highest BCUT2D eigenvalue weighted by Crippen LogP contribution is 2.42. The number of furan rings is 1. The van der Waals surface area contributed by atoms with Crippen molar-refractivity contribution in [1.82, 2.24) is 49.4 Å². The van der Waals surface area contributed by atoms with Gasteiger partial charge in [0, 0.05) is 49.4 Å². The fraction of sp³-hybridized carbons (Fsp3) is 0.0893. The van der Waals surface area contributed by atoms with Crippen LogP contribution in [0.1, 0.15) is 28.9 Å². The zero-order valence-electron chi connectivity index (χ0n) is 37.3. The Balaban J connectivity index is 1.19. The van der Waals surface area contributed by atoms with Gasteiger partial charge in [0.15, 0.2) is 29.1 Å². The summed E-state index contributed by atoms with van der Waals surface area (Å²) in [5.74, 6) is 5.51. The molecule has 0 aliphatic rings. The lowest BCUT2D eigenvalue weighted by molar-refractivity contribution is 0.669. The number of hydrogen-bond acceptors (Lipinski definition) is 10. The SMILES string of the molecule is Cc1nc(C)nc(-c2ccc3c4cc(C)c(-c5nc(C)nc(C)n5)cc4n(-c4ccc(-c5ccc6oc7ccccc7c6c5)cc4-c4nc(-c5ccccc5)nc(-c5ccccc5)n4)c3c2)n1. The molecule has 0 bridgehead atoms. The van der Waals surface area contributed by atoms with E-state index in [0.717, 1.165) is 93.9 Å². The molecule has 5 heterocycles. The molecule has 7 aromatic carbocycles. The molecule has 0 unspecified atom stereocenters. The van der Waals surface area contributed by atoms with Crippen molar-refractivity contribution < 1.29 is 4.42 Å². The molecule has 0 saturated carbocycles. The molecule has 0 atom stereocenters. The molecule has 11 nitrogen and oxygen atoms in total. The van der Waals surface area contributed by atoms with E-state index < -0.39 is 0 Å². The topological polar surface area (TPSA) is 134 Å². The first-order chi connectivity index (χ1) is 32.7. The summed E-state index contributed by atoms with van der Waals surface area (Å²) in [5.41, 5.74) is 11.8. The molecular weight excluding hydrogens is 829 g/mol. The van der Waals surface area contributed by atoms with Gasteiger partial charge in [0.2, 0.25) is 0 Å². The van der Waals surface area contributed by atoms with E-state index in [1.165, 1.54) is 0 Å². The van der Waals surface area contributed by atoms with Gasteiger partial charge in [-0.25, -0.2) is 44.9 Å². The molecule has 0 aliphatic carbocycles. The molecule has 12 aromatic rings. The number of nitrogens with zero attached hydrogens (tertiary/aromatic N) is 10. The van der Waals surface area contributed by atoms with Crippen LogP contribution < -0.4 is 0 Å². The lowest BCUT2D eigenvalue weighted by Gasteiger charge is -2.17. The van der Waals surface area contributed by atoms with E-state index in [0.29, 0.717) is 52.4 Å². The molecule has 320 valence electrons. The fourth-order valence-corrected chi connectivity index (χ4v) is 9.22. The monoisotopic (exact) mass is 868 g/mol. The summed E-state index contributed by atoms with van der Waals surface area (Å²) in [6.07, 6.45) is 0. The minimum Gasteiger partial charge on any atom is -0.456 e. The van der Waals surface area contributed by atoms with Crippen LogP contribution in [0.3, 0.4) is 0 Å². The van der Waals surface area contributed by atoms with Crippen LogP contribution in [0.5, 0.6) is 0 Å². The number of aryl methyl sites for hydroxylation is 5. The maximum atomic E-state index is 6.26. The second kappa shape index (κ2) is 15.7. The van der Waals surface area contributed by atoms with Crippen LogP contribution in [0.25, 0.3) is 117 Å². The number of rotatable bonds is 7. The van der Waals surface area contributed by atoms with Crippen LogP contribution in [-0.4, -0.2) is 49.4 Å². The smallest absolute Gasteiger partial charge is 0.166 e. The van der Waals surface area contributed by atoms with Crippen molar-refractivity contribution in [2.75, 3.05) is 0 Å². The minimum atomic E-state index is 0.519. The average Bonchev–Trinajstić information content (AvgIpc) is 3.87. The molecule has 0 spiro atoms. The summed E-state index contributed by atoms with van der Waals surface area (Å²) >= 11 is 0. The first-order valence-electron chi connectivity index (χ1n) is 22.1. The number of hydrogen-bond donors (Lipinski definition) is 0. The second-order valence-corrected chi connectivity index (χ2v) is 16.8. The maximum absolute atomic E-state index is 6.26. The van der Waals surface area contributed by atoms with Crippen molar-refractivity contribution in [3.05, 3.63) is 181 Å². The quantitative estimate of drug-likeness (QED) is 0.152. The van der Waals surface area contributed by atoms with Crippen molar-refractivity contribution in [3.8, 4) is 73.8 Å². The highest BCUT2D eigenvalue weighted by molar-refractivity contribution is 6.12. The van der Waals surface area contributed by atoms with Gasteiger partial charge in [-0.3, -0.25) is 0 Å². The van der Waals surface area contributed by atoms with Crippen LogP contribution in [0.4, 0.5) is 0 Å². The lowest BCUT2D eigenvalue weighted by atomic mass is 9.99. The van der Waals surface area contributed by atoms with Crippen molar-refractivity contribution in [2.24, 2.45) is 0 Å². The zero-order chi connectivity index (χ0) is 45.3. The van der Waals surface area contributed by atoms with E-state index in [1.54, 1.807) is 0 Å². The molecule has 12 rings (SSSR count). The Kier molecular flexibility index (Phi) is 9.31. The van der Waals surface area contributed by atoms with E-state index in [1.807, 2.05) is 107 Å². The highest BCUT2D eigenvalue weighted by atomic mass is 16.3. The third kappa shape index (κ3) is 7.04. The van der Waals surface area contributed by atoms with Crippen molar-refractivity contribution >= 4 is 43.7 Å². The molecule has 0 aliphatic heterocycles. The Hall–Kier alpha value is -8.83. The number of aromatic nitrogens is 10. The molecule has 5 aromatic heterocycles. The Labute approximate surface area is 385 Å². The third-order valence-corrected chi connectivity index (χ3v) is 12.2. The van der Waals surface area contributed by atoms with Crippen LogP contribution in [0, 0.1) is 34.6 Å². The van der Waals surface area contributed by atoms with Gasteiger partial charge in [0.25, 0.3) is 0 Å². The van der Waals surface area contributed by atoms with E-state index in [9.17, 15) is 0 Å². The zero-order valence-corrected chi connectivity index (χ0v) is 37.3. The van der Waals surface area contributed by atoms with Crippen molar-refractivity contribution in [2.45, 2.75) is 34.6 Å². The summed E-state index contributed by atoms with van der Waals surface area (Å²) < 4.78 is 8.56. The van der Waals surface area contributed by atoms with Gasteiger partial charge in [-0.05, 0) is 99.8 Å². The molecule has 0 N–H and O–H groups in total. The number of benzene rings is 7. The first-order valence-corrected chi connectivity index (χ1v) is 22.1. The van der Waals surface area contributed by atoms with Gasteiger partial charge in [0.1, 0.15) is 34.5 Å². The summed E-state index contributed by atoms with van der Waals surface area (Å²) in [6.45, 7) is 9.70.